The first-order chi connectivity index (χ1) is 9.24. The van der Waals surface area contributed by atoms with Gasteiger partial charge in [-0.15, -0.1) is 21.5 Å². The van der Waals surface area contributed by atoms with Crippen LogP contribution in [0.5, 0.6) is 0 Å². The lowest BCUT2D eigenvalue weighted by Gasteiger charge is -2.13. The summed E-state index contributed by atoms with van der Waals surface area (Å²) >= 11 is 1.37. The summed E-state index contributed by atoms with van der Waals surface area (Å²) in [5.74, 6) is 0.226. The van der Waals surface area contributed by atoms with Crippen molar-refractivity contribution in [2.75, 3.05) is 0 Å². The van der Waals surface area contributed by atoms with Crippen LogP contribution in [0.1, 0.15) is 47.1 Å². The van der Waals surface area contributed by atoms with Gasteiger partial charge in [0.25, 0.3) is 5.91 Å². The Morgan fingerprint density at radius 1 is 1.63 bits per heavy atom. The summed E-state index contributed by atoms with van der Waals surface area (Å²) < 4.78 is 0. The SMILES string of the molecule is CCCC(NC(=O)c1csc(CN)n1)c1nn[nH]n1. The quantitative estimate of drug-likeness (QED) is 0.703. The number of nitrogens with one attached hydrogen (secondary N) is 2. The number of thiazole rings is 1. The van der Waals surface area contributed by atoms with Crippen molar-refractivity contribution < 1.29 is 4.79 Å². The lowest BCUT2D eigenvalue weighted by molar-refractivity contribution is 0.0928. The zero-order valence-corrected chi connectivity index (χ0v) is 11.3. The fourth-order valence-electron chi connectivity index (χ4n) is 1.61. The molecule has 4 N–H and O–H groups in total. The Labute approximate surface area is 113 Å². The van der Waals surface area contributed by atoms with Gasteiger partial charge < -0.3 is 11.1 Å². The topological polar surface area (TPSA) is 122 Å². The number of nitrogens with zero attached hydrogens (tertiary/aromatic N) is 4. The third-order valence-electron chi connectivity index (χ3n) is 2.52. The maximum Gasteiger partial charge on any atom is 0.271 e. The van der Waals surface area contributed by atoms with Gasteiger partial charge in [-0.2, -0.15) is 5.21 Å². The highest BCUT2D eigenvalue weighted by atomic mass is 32.1. The van der Waals surface area contributed by atoms with Gasteiger partial charge in [0.1, 0.15) is 10.7 Å². The zero-order chi connectivity index (χ0) is 13.7. The average molecular weight is 281 g/mol. The normalized spacial score (nSPS) is 12.3. The second-order valence-corrected chi connectivity index (χ2v) is 4.86. The van der Waals surface area contributed by atoms with Gasteiger partial charge in [-0.25, -0.2) is 4.98 Å². The van der Waals surface area contributed by atoms with Crippen LogP contribution < -0.4 is 11.1 Å². The van der Waals surface area contributed by atoms with Crippen molar-refractivity contribution in [3.8, 4) is 0 Å². The summed E-state index contributed by atoms with van der Waals surface area (Å²) in [7, 11) is 0. The maximum atomic E-state index is 12.1. The predicted molar refractivity (Wildman–Crippen MR) is 69.3 cm³/mol. The number of nitrogens with two attached hydrogens (primary N) is 1. The van der Waals surface area contributed by atoms with Gasteiger partial charge in [-0.3, -0.25) is 4.79 Å². The van der Waals surface area contributed by atoms with Crippen LogP contribution in [0, 0.1) is 0 Å². The Hall–Kier alpha value is -1.87. The molecule has 0 saturated heterocycles. The molecule has 1 unspecified atom stereocenters. The minimum Gasteiger partial charge on any atom is -0.340 e. The Balaban J connectivity index is 2.06. The Kier molecular flexibility index (Phi) is 4.53. The number of aromatic amines is 1. The molecule has 0 fully saturated rings. The molecule has 0 bridgehead atoms. The van der Waals surface area contributed by atoms with E-state index < -0.39 is 0 Å². The molecule has 1 atom stereocenters. The molecule has 19 heavy (non-hydrogen) atoms. The second-order valence-electron chi connectivity index (χ2n) is 3.92. The van der Waals surface area contributed by atoms with Crippen LogP contribution in [0.25, 0.3) is 0 Å². The first-order valence-electron chi connectivity index (χ1n) is 5.93. The van der Waals surface area contributed by atoms with Crippen molar-refractivity contribution in [3.05, 3.63) is 21.9 Å². The first-order valence-corrected chi connectivity index (χ1v) is 6.81. The largest absolute Gasteiger partial charge is 0.340 e. The van der Waals surface area contributed by atoms with Gasteiger partial charge >= 0.3 is 0 Å². The molecule has 0 aliphatic carbocycles. The molecular weight excluding hydrogens is 266 g/mol. The summed E-state index contributed by atoms with van der Waals surface area (Å²) in [6.07, 6.45) is 1.63. The molecule has 0 radical (unpaired) electrons. The Morgan fingerprint density at radius 2 is 2.47 bits per heavy atom. The van der Waals surface area contributed by atoms with E-state index in [0.29, 0.717) is 18.1 Å². The van der Waals surface area contributed by atoms with E-state index in [-0.39, 0.29) is 11.9 Å². The summed E-state index contributed by atoms with van der Waals surface area (Å²) in [6.45, 7) is 2.36. The van der Waals surface area contributed by atoms with Crippen molar-refractivity contribution in [3.63, 3.8) is 0 Å². The molecule has 0 aliphatic rings. The van der Waals surface area contributed by atoms with E-state index >= 15 is 0 Å². The molecule has 8 nitrogen and oxygen atoms in total. The number of amides is 1. The number of hydrogen-bond acceptors (Lipinski definition) is 7. The van der Waals surface area contributed by atoms with E-state index in [9.17, 15) is 4.79 Å². The summed E-state index contributed by atoms with van der Waals surface area (Å²) in [6, 6.07) is -0.265. The van der Waals surface area contributed by atoms with Crippen molar-refractivity contribution >= 4 is 17.2 Å². The average Bonchev–Trinajstić information content (AvgIpc) is 3.09. The monoisotopic (exact) mass is 281 g/mol. The second kappa shape index (κ2) is 6.34. The van der Waals surface area contributed by atoms with Crippen LogP contribution >= 0.6 is 11.3 Å². The van der Waals surface area contributed by atoms with E-state index in [1.807, 2.05) is 6.92 Å². The summed E-state index contributed by atoms with van der Waals surface area (Å²) in [5, 5.41) is 19.0. The third kappa shape index (κ3) is 3.32. The molecule has 0 spiro atoms. The van der Waals surface area contributed by atoms with E-state index in [2.05, 4.69) is 30.9 Å². The van der Waals surface area contributed by atoms with Gasteiger partial charge in [0.15, 0.2) is 5.82 Å². The maximum absolute atomic E-state index is 12.1. The number of H-pyrrole nitrogens is 1. The van der Waals surface area contributed by atoms with Gasteiger partial charge in [0, 0.05) is 11.9 Å². The standard InChI is InChI=1S/C10H15N7OS/c1-2-3-6(9-14-16-17-15-9)13-10(18)7-5-19-8(4-11)12-7/h5-6H,2-4,11H2,1H3,(H,13,18)(H,14,15,16,17). The van der Waals surface area contributed by atoms with Gasteiger partial charge in [0.05, 0.1) is 6.04 Å². The van der Waals surface area contributed by atoms with Gasteiger partial charge in [-0.1, -0.05) is 18.6 Å². The lowest BCUT2D eigenvalue weighted by Crippen LogP contribution is -2.29. The van der Waals surface area contributed by atoms with Crippen LogP contribution in [-0.4, -0.2) is 31.5 Å². The van der Waals surface area contributed by atoms with Crippen molar-refractivity contribution in [1.82, 2.24) is 30.9 Å². The number of rotatable bonds is 6. The van der Waals surface area contributed by atoms with Crippen molar-refractivity contribution in [1.29, 1.82) is 0 Å². The highest BCUT2D eigenvalue weighted by molar-refractivity contribution is 7.09. The first kappa shape index (κ1) is 13.6. The number of carbonyl (C=O) groups is 1. The molecule has 2 aromatic heterocycles. The summed E-state index contributed by atoms with van der Waals surface area (Å²) in [5.41, 5.74) is 5.84. The van der Waals surface area contributed by atoms with Crippen LogP contribution in [0.2, 0.25) is 0 Å². The van der Waals surface area contributed by atoms with E-state index in [0.717, 1.165) is 17.8 Å². The smallest absolute Gasteiger partial charge is 0.271 e. The number of tetrazole rings is 1. The van der Waals surface area contributed by atoms with Crippen LogP contribution in [0.4, 0.5) is 0 Å². The lowest BCUT2D eigenvalue weighted by atomic mass is 10.1. The van der Waals surface area contributed by atoms with Crippen molar-refractivity contribution in [2.45, 2.75) is 32.4 Å². The van der Waals surface area contributed by atoms with Gasteiger partial charge in [-0.05, 0) is 6.42 Å². The van der Waals surface area contributed by atoms with E-state index in [1.165, 1.54) is 11.3 Å². The van der Waals surface area contributed by atoms with Crippen molar-refractivity contribution in [2.24, 2.45) is 5.73 Å². The minimum atomic E-state index is -0.265. The molecule has 9 heteroatoms. The Bertz CT molecular complexity index is 524. The number of aromatic nitrogens is 5. The zero-order valence-electron chi connectivity index (χ0n) is 10.5. The minimum absolute atomic E-state index is 0.251. The van der Waals surface area contributed by atoms with Gasteiger partial charge in [0.2, 0.25) is 0 Å². The van der Waals surface area contributed by atoms with E-state index in [1.54, 1.807) is 5.38 Å². The molecule has 2 rings (SSSR count). The van der Waals surface area contributed by atoms with Crippen LogP contribution in [0.15, 0.2) is 5.38 Å². The number of carbonyl (C=O) groups excluding carboxylic acids is 1. The fraction of sp³-hybridized carbons (Fsp3) is 0.500. The van der Waals surface area contributed by atoms with Crippen LogP contribution in [-0.2, 0) is 6.54 Å². The predicted octanol–water partition coefficient (Wildman–Crippen LogP) is 0.386. The molecule has 2 heterocycles. The summed E-state index contributed by atoms with van der Waals surface area (Å²) in [4.78, 5) is 16.2. The Morgan fingerprint density at radius 3 is 3.05 bits per heavy atom. The van der Waals surface area contributed by atoms with Crippen LogP contribution in [0.3, 0.4) is 0 Å². The molecule has 102 valence electrons. The third-order valence-corrected chi connectivity index (χ3v) is 3.39. The molecule has 1 amide bonds. The number of hydrogen-bond donors (Lipinski definition) is 3. The highest BCUT2D eigenvalue weighted by Gasteiger charge is 2.20. The fourth-order valence-corrected chi connectivity index (χ4v) is 2.27. The van der Waals surface area contributed by atoms with E-state index in [4.69, 9.17) is 5.73 Å². The molecule has 0 saturated carbocycles. The molecule has 2 aromatic rings. The molecule has 0 aliphatic heterocycles. The molecular formula is C10H15N7OS. The highest BCUT2D eigenvalue weighted by Crippen LogP contribution is 2.15. The molecule has 0 aromatic carbocycles.